The molecule has 0 amide bonds. The fourth-order valence-corrected chi connectivity index (χ4v) is 0.0927. The molecule has 6 heavy (non-hydrogen) atoms. The summed E-state index contributed by atoms with van der Waals surface area (Å²) in [5.74, 6) is 0. The summed E-state index contributed by atoms with van der Waals surface area (Å²) >= 11 is 0. The van der Waals surface area contributed by atoms with Gasteiger partial charge in [-0.15, -0.1) is 0 Å². The van der Waals surface area contributed by atoms with Gasteiger partial charge in [0.25, 0.3) is 0 Å². The van der Waals surface area contributed by atoms with Crippen molar-refractivity contribution in [1.82, 2.24) is 0 Å². The van der Waals surface area contributed by atoms with Crippen molar-refractivity contribution in [3.63, 3.8) is 0 Å². The fourth-order valence-electron chi connectivity index (χ4n) is 0.0927. The largest absolute Gasteiger partial charge is 0.286 e. The predicted octanol–water partition coefficient (Wildman–Crippen LogP) is 0.622. The Morgan fingerprint density at radius 2 is 2.50 bits per heavy atom. The Hall–Kier alpha value is -0.660. The van der Waals surface area contributed by atoms with Crippen molar-refractivity contribution in [2.24, 2.45) is 0 Å². The van der Waals surface area contributed by atoms with E-state index in [4.69, 9.17) is 0 Å². The van der Waals surface area contributed by atoms with Crippen LogP contribution in [0, 0.1) is 0 Å². The van der Waals surface area contributed by atoms with Gasteiger partial charge in [-0.2, -0.15) is 0 Å². The molecule has 33 valence electrons. The van der Waals surface area contributed by atoms with Crippen molar-refractivity contribution in [1.29, 1.82) is 0 Å². The molecule has 0 N–H and O–H groups in total. The van der Waals surface area contributed by atoms with Gasteiger partial charge >= 0.3 is 0 Å². The summed E-state index contributed by atoms with van der Waals surface area (Å²) in [6.45, 7) is -0.588. The van der Waals surface area contributed by atoms with Crippen LogP contribution in [0.3, 0.4) is 0 Å². The van der Waals surface area contributed by atoms with Gasteiger partial charge in [0.15, 0.2) is 0 Å². The first-order chi connectivity index (χ1) is 2.91. The van der Waals surface area contributed by atoms with Gasteiger partial charge in [0.1, 0.15) is 6.67 Å². The molecule has 2 heteroatoms. The normalized spacial score (nSPS) is 9.50. The first-order valence-corrected chi connectivity index (χ1v) is 1.50. The third-order valence-electron chi connectivity index (χ3n) is 0.275. The standard InChI is InChI=1S/C4H4FO/c5-3-1-2-4-6/h1-2H,3H2. The molecule has 1 nitrogen and oxygen atoms in total. The van der Waals surface area contributed by atoms with E-state index in [9.17, 15) is 9.18 Å². The highest BCUT2D eigenvalue weighted by molar-refractivity contribution is 5.65. The van der Waals surface area contributed by atoms with Crippen LogP contribution < -0.4 is 0 Å². The Kier molecular flexibility index (Phi) is 3.86. The third kappa shape index (κ3) is 3.34. The maximum Gasteiger partial charge on any atom is 0.225 e. The molecule has 0 aromatic carbocycles. The lowest BCUT2D eigenvalue weighted by Gasteiger charge is -1.61. The third-order valence-corrected chi connectivity index (χ3v) is 0.275. The van der Waals surface area contributed by atoms with Crippen LogP contribution in [0.4, 0.5) is 4.39 Å². The summed E-state index contributed by atoms with van der Waals surface area (Å²) in [6.07, 6.45) is 3.49. The number of carbonyl (C=O) groups excluding carboxylic acids is 1. The molecule has 0 aliphatic rings. The zero-order valence-corrected chi connectivity index (χ0v) is 3.15. The SMILES string of the molecule is O=[C]C=CCF. The second kappa shape index (κ2) is 4.34. The maximum atomic E-state index is 10.9. The van der Waals surface area contributed by atoms with Crippen LogP contribution in [0.2, 0.25) is 0 Å². The minimum Gasteiger partial charge on any atom is -0.286 e. The van der Waals surface area contributed by atoms with Crippen LogP contribution in [0.15, 0.2) is 12.2 Å². The highest BCUT2D eigenvalue weighted by Gasteiger charge is 1.63. The Morgan fingerprint density at radius 3 is 2.67 bits per heavy atom. The highest BCUT2D eigenvalue weighted by atomic mass is 19.1. The number of allylic oxidation sites excluding steroid dienone is 2. The quantitative estimate of drug-likeness (QED) is 0.451. The summed E-state index contributed by atoms with van der Waals surface area (Å²) in [5, 5.41) is 0. The lowest BCUT2D eigenvalue weighted by molar-refractivity contribution is 0.556. The van der Waals surface area contributed by atoms with E-state index >= 15 is 0 Å². The van der Waals surface area contributed by atoms with Crippen molar-refractivity contribution >= 4 is 6.29 Å². The van der Waals surface area contributed by atoms with Crippen LogP contribution in [-0.2, 0) is 4.79 Å². The molecule has 0 atom stereocenters. The van der Waals surface area contributed by atoms with E-state index in [-0.39, 0.29) is 0 Å². The van der Waals surface area contributed by atoms with Gasteiger partial charge in [-0.3, -0.25) is 4.79 Å². The highest BCUT2D eigenvalue weighted by Crippen LogP contribution is 1.66. The number of rotatable bonds is 2. The van der Waals surface area contributed by atoms with E-state index in [1.807, 2.05) is 0 Å². The second-order valence-corrected chi connectivity index (χ2v) is 0.675. The van der Waals surface area contributed by atoms with E-state index in [2.05, 4.69) is 0 Å². The smallest absolute Gasteiger partial charge is 0.225 e. The number of halogens is 1. The van der Waals surface area contributed by atoms with Crippen LogP contribution in [0.25, 0.3) is 0 Å². The van der Waals surface area contributed by atoms with E-state index in [1.165, 1.54) is 6.29 Å². The number of hydrogen-bond donors (Lipinski definition) is 0. The van der Waals surface area contributed by atoms with Crippen molar-refractivity contribution in [3.8, 4) is 0 Å². The van der Waals surface area contributed by atoms with Crippen molar-refractivity contribution < 1.29 is 9.18 Å². The molecule has 0 aliphatic heterocycles. The summed E-state index contributed by atoms with van der Waals surface area (Å²) in [5.41, 5.74) is 0. The Morgan fingerprint density at radius 1 is 1.83 bits per heavy atom. The molecule has 0 saturated carbocycles. The summed E-state index contributed by atoms with van der Waals surface area (Å²) in [6, 6.07) is 0. The van der Waals surface area contributed by atoms with Crippen LogP contribution >= 0.6 is 0 Å². The van der Waals surface area contributed by atoms with Gasteiger partial charge in [-0.1, -0.05) is 0 Å². The van der Waals surface area contributed by atoms with Gasteiger partial charge in [-0.25, -0.2) is 4.39 Å². The minimum atomic E-state index is -0.588. The molecule has 0 saturated heterocycles. The molecule has 0 fully saturated rings. The Balaban J connectivity index is 2.94. The van der Waals surface area contributed by atoms with Crippen LogP contribution in [0.1, 0.15) is 0 Å². The molecule has 0 bridgehead atoms. The summed E-state index contributed by atoms with van der Waals surface area (Å²) in [7, 11) is 0. The zero-order valence-electron chi connectivity index (χ0n) is 3.15. The molecule has 0 rings (SSSR count). The molecule has 0 heterocycles. The Bertz CT molecular complexity index is 58.6. The van der Waals surface area contributed by atoms with Gasteiger partial charge < -0.3 is 0 Å². The minimum absolute atomic E-state index is 0.588. The maximum absolute atomic E-state index is 10.9. The van der Waals surface area contributed by atoms with Crippen LogP contribution in [-0.4, -0.2) is 13.0 Å². The van der Waals surface area contributed by atoms with Gasteiger partial charge in [0.2, 0.25) is 6.29 Å². The topological polar surface area (TPSA) is 17.1 Å². The average molecular weight is 87.1 g/mol. The predicted molar refractivity (Wildman–Crippen MR) is 20.8 cm³/mol. The zero-order chi connectivity index (χ0) is 4.83. The number of alkyl halides is 1. The number of hydrogen-bond acceptors (Lipinski definition) is 1. The lowest BCUT2D eigenvalue weighted by Crippen LogP contribution is -1.61. The van der Waals surface area contributed by atoms with Crippen molar-refractivity contribution in [2.45, 2.75) is 0 Å². The summed E-state index contributed by atoms with van der Waals surface area (Å²) in [4.78, 5) is 9.19. The first kappa shape index (κ1) is 5.34. The van der Waals surface area contributed by atoms with Crippen molar-refractivity contribution in [3.05, 3.63) is 12.2 Å². The average Bonchev–Trinajstić information content (AvgIpc) is 1.61. The van der Waals surface area contributed by atoms with Crippen molar-refractivity contribution in [2.75, 3.05) is 6.67 Å². The van der Waals surface area contributed by atoms with Gasteiger partial charge in [0.05, 0.1) is 0 Å². The molecule has 0 aromatic rings. The van der Waals surface area contributed by atoms with E-state index in [1.54, 1.807) is 0 Å². The van der Waals surface area contributed by atoms with E-state index in [0.717, 1.165) is 12.2 Å². The first-order valence-electron chi connectivity index (χ1n) is 1.50. The van der Waals surface area contributed by atoms with Gasteiger partial charge in [0, 0.05) is 0 Å². The molecular weight excluding hydrogens is 83.0 g/mol. The molecule has 0 aromatic heterocycles. The van der Waals surface area contributed by atoms with E-state index < -0.39 is 6.67 Å². The molecule has 0 spiro atoms. The molecule has 1 radical (unpaired) electrons. The molecule has 0 aliphatic carbocycles. The second-order valence-electron chi connectivity index (χ2n) is 0.675. The molecular formula is C4H4FO. The summed E-state index contributed by atoms with van der Waals surface area (Å²) < 4.78 is 10.9. The van der Waals surface area contributed by atoms with Gasteiger partial charge in [-0.05, 0) is 12.2 Å². The van der Waals surface area contributed by atoms with Crippen LogP contribution in [0.5, 0.6) is 0 Å². The molecule has 0 unspecified atom stereocenters. The monoisotopic (exact) mass is 87.0 g/mol. The fraction of sp³-hybridized carbons (Fsp3) is 0.250. The van der Waals surface area contributed by atoms with E-state index in [0.29, 0.717) is 0 Å². The Labute approximate surface area is 35.5 Å². The lowest BCUT2D eigenvalue weighted by atomic mass is 10.6.